The molecule has 11 nitrogen and oxygen atoms in total. The third-order valence-electron chi connectivity index (χ3n) is 7.88. The van der Waals surface area contributed by atoms with Crippen molar-refractivity contribution in [3.63, 3.8) is 0 Å². The molecule has 2 aliphatic heterocycles. The van der Waals surface area contributed by atoms with E-state index in [4.69, 9.17) is 14.6 Å². The zero-order valence-electron chi connectivity index (χ0n) is 22.6. The summed E-state index contributed by atoms with van der Waals surface area (Å²) >= 11 is 0. The molecule has 40 heavy (non-hydrogen) atoms. The average Bonchev–Trinajstić information content (AvgIpc) is 3.68. The van der Waals surface area contributed by atoms with Gasteiger partial charge in [-0.05, 0) is 56.2 Å². The van der Waals surface area contributed by atoms with Crippen LogP contribution >= 0.6 is 0 Å². The number of aliphatic hydroxyl groups excluding tert-OH is 1. The molecule has 218 valence electrons. The molecule has 1 spiro atoms. The zero-order chi connectivity index (χ0) is 28.3. The van der Waals surface area contributed by atoms with E-state index < -0.39 is 35.2 Å². The Bertz CT molecular complexity index is 1330. The summed E-state index contributed by atoms with van der Waals surface area (Å²) in [5.74, 6) is -0.397. The molecule has 3 N–H and O–H groups in total. The van der Waals surface area contributed by atoms with Crippen molar-refractivity contribution in [1.29, 1.82) is 0 Å². The van der Waals surface area contributed by atoms with Gasteiger partial charge in [0.2, 0.25) is 16.9 Å². The molecular weight excluding hydrogens is 541 g/mol. The lowest BCUT2D eigenvalue weighted by molar-refractivity contribution is 0.0529. The van der Waals surface area contributed by atoms with Crippen LogP contribution in [-0.4, -0.2) is 82.5 Å². The van der Waals surface area contributed by atoms with Crippen molar-refractivity contribution in [1.82, 2.24) is 4.98 Å². The summed E-state index contributed by atoms with van der Waals surface area (Å²) in [7, 11) is -3.78. The Hall–Kier alpha value is -3.16. The number of morpholine rings is 1. The molecule has 0 radical (unpaired) electrons. The lowest BCUT2D eigenvalue weighted by atomic mass is 9.93. The highest BCUT2D eigenvalue weighted by Gasteiger charge is 2.44. The van der Waals surface area contributed by atoms with Crippen molar-refractivity contribution in [2.45, 2.75) is 38.7 Å². The minimum absolute atomic E-state index is 0.00788. The number of halogens is 1. The van der Waals surface area contributed by atoms with E-state index in [1.54, 1.807) is 24.3 Å². The molecule has 0 unspecified atom stereocenters. The molecule has 1 saturated carbocycles. The number of sulfonamides is 1. The molecule has 1 atom stereocenters. The number of piperidine rings is 1. The van der Waals surface area contributed by atoms with Gasteiger partial charge in [0.1, 0.15) is 11.6 Å². The monoisotopic (exact) mass is 577 g/mol. The van der Waals surface area contributed by atoms with Gasteiger partial charge < -0.3 is 29.7 Å². The van der Waals surface area contributed by atoms with Crippen molar-refractivity contribution in [3.8, 4) is 5.75 Å². The predicted molar refractivity (Wildman–Crippen MR) is 150 cm³/mol. The highest BCUT2D eigenvalue weighted by molar-refractivity contribution is 7.92. The second-order valence-corrected chi connectivity index (χ2v) is 12.6. The average molecular weight is 578 g/mol. The summed E-state index contributed by atoms with van der Waals surface area (Å²) in [6.07, 6.45) is 5.84. The van der Waals surface area contributed by atoms with Gasteiger partial charge in [-0.2, -0.15) is 0 Å². The Morgan fingerprint density at radius 3 is 2.62 bits per heavy atom. The Labute approximate surface area is 233 Å². The van der Waals surface area contributed by atoms with Gasteiger partial charge in [0.05, 0.1) is 42.0 Å². The van der Waals surface area contributed by atoms with E-state index in [-0.39, 0.29) is 11.9 Å². The van der Waals surface area contributed by atoms with Gasteiger partial charge in [-0.25, -0.2) is 17.8 Å². The number of hydrogen-bond donors (Lipinski definition) is 3. The lowest BCUT2D eigenvalue weighted by Crippen LogP contribution is -2.41. The maximum atomic E-state index is 13.6. The summed E-state index contributed by atoms with van der Waals surface area (Å²) in [6.45, 7) is 3.69. The summed E-state index contributed by atoms with van der Waals surface area (Å²) in [4.78, 5) is 21.9. The molecule has 1 aromatic heterocycles. The number of nitrogens with one attached hydrogen (secondary N) is 2. The maximum Gasteiger partial charge on any atom is 0.259 e. The van der Waals surface area contributed by atoms with E-state index >= 15 is 0 Å². The molecule has 3 aliphatic rings. The molecule has 1 aromatic carbocycles. The van der Waals surface area contributed by atoms with Gasteiger partial charge in [-0.1, -0.05) is 0 Å². The molecule has 13 heteroatoms. The number of carbonyl (C=O) groups is 1. The number of aromatic nitrogens is 1. The van der Waals surface area contributed by atoms with Gasteiger partial charge in [0.15, 0.2) is 0 Å². The van der Waals surface area contributed by atoms with Crippen LogP contribution in [0.15, 0.2) is 30.5 Å². The number of nitrogens with zero attached hydrogens (tertiary/aromatic N) is 3. The number of aliphatic hydroxyl groups is 1. The van der Waals surface area contributed by atoms with Gasteiger partial charge in [-0.3, -0.25) is 9.52 Å². The Kier molecular flexibility index (Phi) is 8.34. The van der Waals surface area contributed by atoms with Crippen LogP contribution in [0.3, 0.4) is 0 Å². The number of anilines is 4. The molecule has 0 bridgehead atoms. The second-order valence-electron chi connectivity index (χ2n) is 10.7. The summed E-state index contributed by atoms with van der Waals surface area (Å²) < 4.78 is 50.8. The first-order chi connectivity index (χ1) is 19.2. The molecular formula is C27H36FN5O6S. The number of carbonyl (C=O) groups excluding carboxylic acids is 1. The van der Waals surface area contributed by atoms with Crippen LogP contribution < -0.4 is 24.6 Å². The van der Waals surface area contributed by atoms with Crippen LogP contribution in [0.25, 0.3) is 0 Å². The summed E-state index contributed by atoms with van der Waals surface area (Å²) in [5.41, 5.74) is 2.46. The topological polar surface area (TPSA) is 133 Å². The van der Waals surface area contributed by atoms with Crippen molar-refractivity contribution in [2.75, 3.05) is 71.8 Å². The first kappa shape index (κ1) is 28.4. The quantitative estimate of drug-likeness (QED) is 0.390. The van der Waals surface area contributed by atoms with E-state index in [1.165, 1.54) is 19.0 Å². The minimum atomic E-state index is -3.78. The van der Waals surface area contributed by atoms with Gasteiger partial charge in [0.25, 0.3) is 5.91 Å². The predicted octanol–water partition coefficient (Wildman–Crippen LogP) is 2.98. The number of pyridine rings is 1. The molecule has 2 saturated heterocycles. The normalized spacial score (nSPS) is 20.3. The minimum Gasteiger partial charge on any atom is -0.461 e. The summed E-state index contributed by atoms with van der Waals surface area (Å²) in [6, 6.07) is 6.61. The van der Waals surface area contributed by atoms with E-state index in [9.17, 15) is 17.6 Å². The Morgan fingerprint density at radius 1 is 1.18 bits per heavy atom. The number of amides is 1. The highest BCUT2D eigenvalue weighted by atomic mass is 32.2. The molecule has 2 aromatic rings. The SMILES string of the molecule is C[C@@H]1CN(c2cc(NC(=O)c3cnc(NS(=O)(=O)CCO)cc3N3CCC4(CC3)CC4)ccc2OCF)CCO1. The van der Waals surface area contributed by atoms with E-state index in [0.29, 0.717) is 53.5 Å². The first-order valence-corrected chi connectivity index (χ1v) is 15.2. The van der Waals surface area contributed by atoms with Crippen LogP contribution in [0.5, 0.6) is 5.75 Å². The third-order valence-corrected chi connectivity index (χ3v) is 9.12. The fraction of sp³-hybridized carbons (Fsp3) is 0.556. The number of alkyl halides is 1. The first-order valence-electron chi connectivity index (χ1n) is 13.6. The summed E-state index contributed by atoms with van der Waals surface area (Å²) in [5, 5.41) is 12.0. The molecule has 1 aliphatic carbocycles. The fourth-order valence-corrected chi connectivity index (χ4v) is 6.20. The van der Waals surface area contributed by atoms with Crippen molar-refractivity contribution >= 4 is 38.8 Å². The van der Waals surface area contributed by atoms with Crippen LogP contribution in [0.1, 0.15) is 43.0 Å². The van der Waals surface area contributed by atoms with Crippen molar-refractivity contribution < 1.29 is 32.2 Å². The third kappa shape index (κ3) is 6.58. The van der Waals surface area contributed by atoms with Crippen LogP contribution in [0, 0.1) is 5.41 Å². The zero-order valence-corrected chi connectivity index (χ0v) is 23.4. The van der Waals surface area contributed by atoms with Gasteiger partial charge in [0, 0.05) is 44.1 Å². The number of ether oxygens (including phenoxy) is 2. The molecule has 1 amide bonds. The second kappa shape index (κ2) is 11.8. The highest BCUT2D eigenvalue weighted by Crippen LogP contribution is 2.54. The Balaban J connectivity index is 1.41. The van der Waals surface area contributed by atoms with Crippen molar-refractivity contribution in [3.05, 3.63) is 36.0 Å². The number of benzene rings is 1. The smallest absolute Gasteiger partial charge is 0.259 e. The number of rotatable bonds is 10. The van der Waals surface area contributed by atoms with Crippen LogP contribution in [0.2, 0.25) is 0 Å². The Morgan fingerprint density at radius 2 is 1.95 bits per heavy atom. The van der Waals surface area contributed by atoms with Crippen molar-refractivity contribution in [2.24, 2.45) is 5.41 Å². The molecule has 5 rings (SSSR count). The fourth-order valence-electron chi connectivity index (χ4n) is 5.43. The molecule has 3 heterocycles. The van der Waals surface area contributed by atoms with E-state index in [2.05, 4.69) is 19.9 Å². The maximum absolute atomic E-state index is 13.6. The lowest BCUT2D eigenvalue weighted by Gasteiger charge is -2.35. The van der Waals surface area contributed by atoms with E-state index in [0.717, 1.165) is 25.9 Å². The van der Waals surface area contributed by atoms with Gasteiger partial charge in [-0.15, -0.1) is 0 Å². The standard InChI is InChI=1S/C27H36FN5O6S/c1-19-17-33(10-12-38-19)23-14-20(2-3-24(23)39-18-28)30-26(35)21-16-29-25(31-40(36,37)13-11-34)15-22(21)32-8-6-27(4-5-27)7-9-32/h2-3,14-16,19,34H,4-13,17-18H2,1H3,(H,29,31)(H,30,35)/t19-/m1/s1. The van der Waals surface area contributed by atoms with Gasteiger partial charge >= 0.3 is 0 Å². The van der Waals surface area contributed by atoms with Crippen LogP contribution in [0.4, 0.5) is 27.3 Å². The number of hydrogen-bond acceptors (Lipinski definition) is 9. The van der Waals surface area contributed by atoms with Crippen LogP contribution in [-0.2, 0) is 14.8 Å². The largest absolute Gasteiger partial charge is 0.461 e. The molecule has 3 fully saturated rings. The van der Waals surface area contributed by atoms with E-state index in [1.807, 2.05) is 11.8 Å².